The Morgan fingerprint density at radius 3 is 2.50 bits per heavy atom. The summed E-state index contributed by atoms with van der Waals surface area (Å²) in [5, 5.41) is 0. The van der Waals surface area contributed by atoms with Crippen LogP contribution in [0.15, 0.2) is 48.5 Å². The van der Waals surface area contributed by atoms with Crippen LogP contribution in [0.5, 0.6) is 0 Å². The molecule has 3 heteroatoms. The molecule has 0 spiro atoms. The Balaban J connectivity index is 2.39. The van der Waals surface area contributed by atoms with Crippen LogP contribution in [0.3, 0.4) is 0 Å². The van der Waals surface area contributed by atoms with Crippen LogP contribution in [-0.2, 0) is 0 Å². The van der Waals surface area contributed by atoms with Gasteiger partial charge in [0.25, 0.3) is 0 Å². The first-order valence-corrected chi connectivity index (χ1v) is 5.02. The number of hydrogen-bond donors (Lipinski definition) is 1. The van der Waals surface area contributed by atoms with Crippen molar-refractivity contribution in [1.82, 2.24) is 0 Å². The normalized spacial score (nSPS) is 10.1. The Kier molecular flexibility index (Phi) is 2.77. The Labute approximate surface area is 94.1 Å². The summed E-state index contributed by atoms with van der Waals surface area (Å²) < 4.78 is 13.6. The zero-order valence-corrected chi connectivity index (χ0v) is 9.02. The quantitative estimate of drug-likeness (QED) is 0.781. The minimum Gasteiger partial charge on any atom is -0.399 e. The van der Waals surface area contributed by atoms with Gasteiger partial charge in [0.15, 0.2) is 0 Å². The molecule has 82 valence electrons. The van der Waals surface area contributed by atoms with Gasteiger partial charge in [0.2, 0.25) is 0 Å². The molecule has 0 amide bonds. The molecule has 0 heterocycles. The number of nitrogen functional groups attached to an aromatic ring is 1. The summed E-state index contributed by atoms with van der Waals surface area (Å²) in [6, 6.07) is 14.0. The van der Waals surface area contributed by atoms with Gasteiger partial charge in [0.05, 0.1) is 5.69 Å². The van der Waals surface area contributed by atoms with E-state index in [-0.39, 0.29) is 5.82 Å². The Bertz CT molecular complexity index is 497. The molecule has 0 radical (unpaired) electrons. The highest BCUT2D eigenvalue weighted by Crippen LogP contribution is 2.26. The number of benzene rings is 2. The monoisotopic (exact) mass is 216 g/mol. The van der Waals surface area contributed by atoms with E-state index < -0.39 is 0 Å². The standard InChI is InChI=1S/C13H13FN2/c1-16(11-6-4-5-10(15)9-11)13-8-3-2-7-12(13)14/h2-9H,15H2,1H3. The Morgan fingerprint density at radius 1 is 1.06 bits per heavy atom. The van der Waals surface area contributed by atoms with Crippen molar-refractivity contribution in [3.8, 4) is 0 Å². The van der Waals surface area contributed by atoms with Crippen molar-refractivity contribution in [2.45, 2.75) is 0 Å². The lowest BCUT2D eigenvalue weighted by molar-refractivity contribution is 0.627. The first-order valence-electron chi connectivity index (χ1n) is 5.02. The summed E-state index contributed by atoms with van der Waals surface area (Å²) in [5.41, 5.74) is 7.76. The number of hydrogen-bond acceptors (Lipinski definition) is 2. The number of anilines is 3. The summed E-state index contributed by atoms with van der Waals surface area (Å²) in [7, 11) is 1.81. The van der Waals surface area contributed by atoms with Crippen LogP contribution >= 0.6 is 0 Å². The number of rotatable bonds is 2. The van der Waals surface area contributed by atoms with Crippen molar-refractivity contribution >= 4 is 17.1 Å². The molecule has 0 aliphatic rings. The van der Waals surface area contributed by atoms with Crippen LogP contribution in [0.4, 0.5) is 21.5 Å². The zero-order chi connectivity index (χ0) is 11.5. The SMILES string of the molecule is CN(c1cccc(N)c1)c1ccccc1F. The molecular formula is C13H13FN2. The molecule has 2 aromatic rings. The molecule has 0 bridgehead atoms. The smallest absolute Gasteiger partial charge is 0.146 e. The van der Waals surface area contributed by atoms with Crippen LogP contribution < -0.4 is 10.6 Å². The zero-order valence-electron chi connectivity index (χ0n) is 9.02. The van der Waals surface area contributed by atoms with Crippen molar-refractivity contribution in [2.75, 3.05) is 17.7 Å². The summed E-state index contributed by atoms with van der Waals surface area (Å²) in [4.78, 5) is 1.77. The lowest BCUT2D eigenvalue weighted by atomic mass is 10.2. The van der Waals surface area contributed by atoms with Crippen LogP contribution in [0.2, 0.25) is 0 Å². The molecule has 0 unspecified atom stereocenters. The van der Waals surface area contributed by atoms with E-state index in [0.29, 0.717) is 11.4 Å². The van der Waals surface area contributed by atoms with Gasteiger partial charge in [0, 0.05) is 18.4 Å². The molecule has 0 fully saturated rings. The fourth-order valence-electron chi connectivity index (χ4n) is 1.60. The highest BCUT2D eigenvalue weighted by Gasteiger charge is 2.08. The second kappa shape index (κ2) is 4.23. The summed E-state index contributed by atoms with van der Waals surface area (Å²) in [5.74, 6) is -0.243. The molecule has 0 aromatic heterocycles. The van der Waals surface area contributed by atoms with Gasteiger partial charge in [-0.2, -0.15) is 0 Å². The van der Waals surface area contributed by atoms with Crippen LogP contribution in [-0.4, -0.2) is 7.05 Å². The highest BCUT2D eigenvalue weighted by atomic mass is 19.1. The highest BCUT2D eigenvalue weighted by molar-refractivity contribution is 5.66. The number of para-hydroxylation sites is 1. The molecule has 0 aliphatic carbocycles. The number of nitrogens with two attached hydrogens (primary N) is 1. The van der Waals surface area contributed by atoms with E-state index in [9.17, 15) is 4.39 Å². The maximum absolute atomic E-state index is 13.6. The van der Waals surface area contributed by atoms with Gasteiger partial charge in [-0.25, -0.2) is 4.39 Å². The predicted octanol–water partition coefficient (Wildman–Crippen LogP) is 3.18. The van der Waals surface area contributed by atoms with E-state index in [1.165, 1.54) is 6.07 Å². The van der Waals surface area contributed by atoms with Crippen molar-refractivity contribution in [2.24, 2.45) is 0 Å². The van der Waals surface area contributed by atoms with Gasteiger partial charge in [-0.1, -0.05) is 18.2 Å². The molecule has 0 aliphatic heterocycles. The Morgan fingerprint density at radius 2 is 1.81 bits per heavy atom. The molecule has 16 heavy (non-hydrogen) atoms. The third-order valence-electron chi connectivity index (χ3n) is 2.47. The third kappa shape index (κ3) is 1.98. The van der Waals surface area contributed by atoms with Gasteiger partial charge >= 0.3 is 0 Å². The van der Waals surface area contributed by atoms with Crippen molar-refractivity contribution in [3.63, 3.8) is 0 Å². The molecular weight excluding hydrogens is 203 g/mol. The van der Waals surface area contributed by atoms with Crippen LogP contribution in [0.25, 0.3) is 0 Å². The topological polar surface area (TPSA) is 29.3 Å². The molecule has 2 N–H and O–H groups in total. The minimum atomic E-state index is -0.243. The van der Waals surface area contributed by atoms with E-state index in [2.05, 4.69) is 0 Å². The first kappa shape index (κ1) is 10.5. The summed E-state index contributed by atoms with van der Waals surface area (Å²) >= 11 is 0. The average molecular weight is 216 g/mol. The maximum Gasteiger partial charge on any atom is 0.146 e. The lowest BCUT2D eigenvalue weighted by Crippen LogP contribution is -2.11. The van der Waals surface area contributed by atoms with Gasteiger partial charge < -0.3 is 10.6 Å². The van der Waals surface area contributed by atoms with Gasteiger partial charge in [-0.05, 0) is 30.3 Å². The second-order valence-corrected chi connectivity index (χ2v) is 3.61. The molecule has 2 aromatic carbocycles. The van der Waals surface area contributed by atoms with E-state index in [0.717, 1.165) is 5.69 Å². The predicted molar refractivity (Wildman–Crippen MR) is 65.3 cm³/mol. The molecule has 0 atom stereocenters. The van der Waals surface area contributed by atoms with Crippen LogP contribution in [0, 0.1) is 5.82 Å². The fraction of sp³-hybridized carbons (Fsp3) is 0.0769. The van der Waals surface area contributed by atoms with E-state index >= 15 is 0 Å². The van der Waals surface area contributed by atoms with Crippen molar-refractivity contribution in [3.05, 3.63) is 54.3 Å². The van der Waals surface area contributed by atoms with Gasteiger partial charge in [-0.3, -0.25) is 0 Å². The summed E-state index contributed by atoms with van der Waals surface area (Å²) in [6.07, 6.45) is 0. The molecule has 0 saturated heterocycles. The largest absolute Gasteiger partial charge is 0.399 e. The fourth-order valence-corrected chi connectivity index (χ4v) is 1.60. The third-order valence-corrected chi connectivity index (χ3v) is 2.47. The second-order valence-electron chi connectivity index (χ2n) is 3.61. The number of halogens is 1. The van der Waals surface area contributed by atoms with E-state index in [1.54, 1.807) is 29.2 Å². The van der Waals surface area contributed by atoms with Crippen molar-refractivity contribution < 1.29 is 4.39 Å². The van der Waals surface area contributed by atoms with E-state index in [1.807, 2.05) is 25.2 Å². The Hall–Kier alpha value is -2.03. The molecule has 0 saturated carbocycles. The van der Waals surface area contributed by atoms with Gasteiger partial charge in [-0.15, -0.1) is 0 Å². The average Bonchev–Trinajstić information content (AvgIpc) is 2.29. The lowest BCUT2D eigenvalue weighted by Gasteiger charge is -2.20. The first-order chi connectivity index (χ1) is 7.68. The van der Waals surface area contributed by atoms with E-state index in [4.69, 9.17) is 5.73 Å². The minimum absolute atomic E-state index is 0.243. The van der Waals surface area contributed by atoms with Crippen molar-refractivity contribution in [1.29, 1.82) is 0 Å². The molecule has 2 nitrogen and oxygen atoms in total. The number of nitrogens with zero attached hydrogens (tertiary/aromatic N) is 1. The maximum atomic E-state index is 13.6. The van der Waals surface area contributed by atoms with Gasteiger partial charge in [0.1, 0.15) is 5.82 Å². The van der Waals surface area contributed by atoms with Crippen LogP contribution in [0.1, 0.15) is 0 Å². The molecule has 2 rings (SSSR count). The summed E-state index contributed by atoms with van der Waals surface area (Å²) in [6.45, 7) is 0.